The van der Waals surface area contributed by atoms with Gasteiger partial charge in [0.15, 0.2) is 0 Å². The van der Waals surface area contributed by atoms with Gasteiger partial charge < -0.3 is 4.90 Å². The Bertz CT molecular complexity index is 1720. The SMILES string of the molecule is c1ccc(N2c3ccccc3B(c3cccc(-c4ccccn4)c3)c3cc(-c4ccccn4)ccc32)cc1. The monoisotopic (exact) mass is 485 g/mol. The largest absolute Gasteiger partial charge is 0.312 e. The van der Waals surface area contributed by atoms with Crippen molar-refractivity contribution >= 4 is 40.2 Å². The number of rotatable bonds is 4. The first-order valence-electron chi connectivity index (χ1n) is 12.9. The van der Waals surface area contributed by atoms with E-state index in [0.717, 1.165) is 28.2 Å². The molecule has 0 aliphatic carbocycles. The summed E-state index contributed by atoms with van der Waals surface area (Å²) in [4.78, 5) is 11.6. The zero-order valence-electron chi connectivity index (χ0n) is 20.8. The number of nitrogens with zero attached hydrogens (tertiary/aromatic N) is 3. The van der Waals surface area contributed by atoms with E-state index in [-0.39, 0.29) is 6.71 Å². The molecule has 0 saturated carbocycles. The van der Waals surface area contributed by atoms with Crippen molar-refractivity contribution in [3.8, 4) is 22.5 Å². The van der Waals surface area contributed by atoms with Crippen LogP contribution in [-0.4, -0.2) is 16.7 Å². The minimum absolute atomic E-state index is 0.0634. The molecule has 4 heteroatoms. The Morgan fingerprint density at radius 2 is 1.13 bits per heavy atom. The van der Waals surface area contributed by atoms with Crippen molar-refractivity contribution < 1.29 is 0 Å². The van der Waals surface area contributed by atoms with Crippen molar-refractivity contribution in [3.63, 3.8) is 0 Å². The zero-order valence-corrected chi connectivity index (χ0v) is 20.8. The Hall–Kier alpha value is -4.96. The summed E-state index contributed by atoms with van der Waals surface area (Å²) in [6.45, 7) is 0.0634. The molecule has 0 amide bonds. The van der Waals surface area contributed by atoms with Crippen LogP contribution < -0.4 is 21.3 Å². The number of para-hydroxylation sites is 2. The molecule has 3 heterocycles. The quantitative estimate of drug-likeness (QED) is 0.282. The lowest BCUT2D eigenvalue weighted by Crippen LogP contribution is -2.57. The lowest BCUT2D eigenvalue weighted by atomic mass is 9.35. The maximum Gasteiger partial charge on any atom is 0.246 e. The predicted molar refractivity (Wildman–Crippen MR) is 159 cm³/mol. The van der Waals surface area contributed by atoms with Crippen molar-refractivity contribution in [1.29, 1.82) is 0 Å². The highest BCUT2D eigenvalue weighted by Gasteiger charge is 2.35. The van der Waals surface area contributed by atoms with Gasteiger partial charge in [-0.05, 0) is 70.6 Å². The van der Waals surface area contributed by atoms with Gasteiger partial charge in [-0.3, -0.25) is 9.97 Å². The summed E-state index contributed by atoms with van der Waals surface area (Å²) in [6.07, 6.45) is 3.71. The van der Waals surface area contributed by atoms with Gasteiger partial charge in [0.1, 0.15) is 0 Å². The molecule has 0 bridgehead atoms. The molecule has 0 saturated heterocycles. The summed E-state index contributed by atoms with van der Waals surface area (Å²) in [7, 11) is 0. The van der Waals surface area contributed by atoms with E-state index >= 15 is 0 Å². The molecule has 0 unspecified atom stereocenters. The fourth-order valence-electron chi connectivity index (χ4n) is 5.54. The van der Waals surface area contributed by atoms with E-state index in [1.165, 1.54) is 27.8 Å². The average Bonchev–Trinajstić information content (AvgIpc) is 3.01. The van der Waals surface area contributed by atoms with Crippen molar-refractivity contribution in [2.24, 2.45) is 0 Å². The smallest absolute Gasteiger partial charge is 0.246 e. The van der Waals surface area contributed by atoms with E-state index in [1.54, 1.807) is 0 Å². The Morgan fingerprint density at radius 1 is 0.474 bits per heavy atom. The molecule has 38 heavy (non-hydrogen) atoms. The summed E-state index contributed by atoms with van der Waals surface area (Å²) < 4.78 is 0. The summed E-state index contributed by atoms with van der Waals surface area (Å²) >= 11 is 0. The minimum atomic E-state index is 0.0634. The molecular formula is C34H24BN3. The molecule has 1 aliphatic heterocycles. The highest BCUT2D eigenvalue weighted by Crippen LogP contribution is 2.36. The Balaban J connectivity index is 1.48. The number of anilines is 3. The third-order valence-electron chi connectivity index (χ3n) is 7.22. The molecule has 0 fully saturated rings. The van der Waals surface area contributed by atoms with Crippen LogP contribution in [0.2, 0.25) is 0 Å². The van der Waals surface area contributed by atoms with E-state index in [1.807, 2.05) is 36.7 Å². The van der Waals surface area contributed by atoms with Gasteiger partial charge in [0, 0.05) is 29.5 Å². The van der Waals surface area contributed by atoms with E-state index < -0.39 is 0 Å². The maximum atomic E-state index is 4.65. The summed E-state index contributed by atoms with van der Waals surface area (Å²) in [5.41, 5.74) is 11.5. The van der Waals surface area contributed by atoms with E-state index in [4.69, 9.17) is 0 Å². The van der Waals surface area contributed by atoms with Gasteiger partial charge in [0.05, 0.1) is 11.4 Å². The van der Waals surface area contributed by atoms with Crippen molar-refractivity contribution in [3.05, 3.63) is 146 Å². The Kier molecular flexibility index (Phi) is 5.56. The van der Waals surface area contributed by atoms with Gasteiger partial charge in [-0.25, -0.2) is 0 Å². The van der Waals surface area contributed by atoms with Crippen molar-refractivity contribution in [1.82, 2.24) is 9.97 Å². The molecule has 3 nitrogen and oxygen atoms in total. The average molecular weight is 485 g/mol. The molecule has 6 aromatic rings. The van der Waals surface area contributed by atoms with Gasteiger partial charge in [-0.2, -0.15) is 0 Å². The molecule has 0 atom stereocenters. The third-order valence-corrected chi connectivity index (χ3v) is 7.22. The van der Waals surface area contributed by atoms with Gasteiger partial charge in [-0.15, -0.1) is 0 Å². The molecule has 0 radical (unpaired) electrons. The molecule has 178 valence electrons. The Labute approximate surface area is 223 Å². The van der Waals surface area contributed by atoms with Crippen LogP contribution in [0.3, 0.4) is 0 Å². The van der Waals surface area contributed by atoms with Crippen LogP contribution in [0, 0.1) is 0 Å². The lowest BCUT2D eigenvalue weighted by molar-refractivity contribution is 1.29. The zero-order chi connectivity index (χ0) is 25.3. The number of aromatic nitrogens is 2. The van der Waals surface area contributed by atoms with Gasteiger partial charge in [0.25, 0.3) is 0 Å². The molecule has 0 N–H and O–H groups in total. The van der Waals surface area contributed by atoms with E-state index in [2.05, 4.69) is 124 Å². The molecule has 2 aromatic heterocycles. The molecule has 1 aliphatic rings. The van der Waals surface area contributed by atoms with Crippen LogP contribution >= 0.6 is 0 Å². The fraction of sp³-hybridized carbons (Fsp3) is 0. The summed E-state index contributed by atoms with van der Waals surface area (Å²) in [6, 6.07) is 47.1. The van der Waals surface area contributed by atoms with E-state index in [0.29, 0.717) is 0 Å². The first kappa shape index (κ1) is 22.3. The number of hydrogen-bond donors (Lipinski definition) is 0. The molecular weight excluding hydrogens is 461 g/mol. The molecule has 0 spiro atoms. The van der Waals surface area contributed by atoms with Gasteiger partial charge in [0.2, 0.25) is 6.71 Å². The highest BCUT2D eigenvalue weighted by molar-refractivity contribution is 6.98. The van der Waals surface area contributed by atoms with Crippen LogP contribution in [0.15, 0.2) is 146 Å². The highest BCUT2D eigenvalue weighted by atomic mass is 15.1. The number of benzene rings is 4. The first-order valence-corrected chi connectivity index (χ1v) is 12.9. The molecule has 4 aromatic carbocycles. The van der Waals surface area contributed by atoms with Crippen molar-refractivity contribution in [2.45, 2.75) is 0 Å². The van der Waals surface area contributed by atoms with Gasteiger partial charge in [-0.1, -0.05) is 90.4 Å². The topological polar surface area (TPSA) is 29.0 Å². The number of hydrogen-bond acceptors (Lipinski definition) is 3. The predicted octanol–water partition coefficient (Wildman–Crippen LogP) is 6.11. The van der Waals surface area contributed by atoms with Crippen molar-refractivity contribution in [2.75, 3.05) is 4.90 Å². The normalized spacial score (nSPS) is 12.1. The van der Waals surface area contributed by atoms with Crippen LogP contribution in [0.5, 0.6) is 0 Å². The molecule has 7 rings (SSSR count). The van der Waals surface area contributed by atoms with Crippen LogP contribution in [-0.2, 0) is 0 Å². The van der Waals surface area contributed by atoms with Gasteiger partial charge >= 0.3 is 0 Å². The number of fused-ring (bicyclic) bond motifs is 2. The first-order chi connectivity index (χ1) is 18.9. The summed E-state index contributed by atoms with van der Waals surface area (Å²) in [5.74, 6) is 0. The third kappa shape index (κ3) is 3.87. The lowest BCUT2D eigenvalue weighted by Gasteiger charge is -2.37. The minimum Gasteiger partial charge on any atom is -0.312 e. The second-order valence-corrected chi connectivity index (χ2v) is 9.49. The summed E-state index contributed by atoms with van der Waals surface area (Å²) in [5, 5.41) is 0. The number of pyridine rings is 2. The standard InChI is InChI=1S/C34H24BN3/c1-2-13-28(14-3-1)38-33-18-5-4-15-29(33)35(27-12-10-11-25(23-27)31-16-6-8-21-36-31)30-24-26(19-20-34(30)38)32-17-7-9-22-37-32/h1-24H. The Morgan fingerprint density at radius 3 is 1.87 bits per heavy atom. The second-order valence-electron chi connectivity index (χ2n) is 9.49. The maximum absolute atomic E-state index is 4.65. The van der Waals surface area contributed by atoms with E-state index in [9.17, 15) is 0 Å². The fourth-order valence-corrected chi connectivity index (χ4v) is 5.54. The van der Waals surface area contributed by atoms with Crippen LogP contribution in [0.25, 0.3) is 22.5 Å². The second kappa shape index (κ2) is 9.49. The van der Waals surface area contributed by atoms with Crippen LogP contribution in [0.4, 0.5) is 17.1 Å². The van der Waals surface area contributed by atoms with Crippen LogP contribution in [0.1, 0.15) is 0 Å².